The van der Waals surface area contributed by atoms with Crippen molar-refractivity contribution in [2.24, 2.45) is 0 Å². The molecule has 0 aliphatic carbocycles. The van der Waals surface area contributed by atoms with E-state index in [9.17, 15) is 0 Å². The Labute approximate surface area is 71.1 Å². The number of hydrogen-bond acceptors (Lipinski definition) is 1. The van der Waals surface area contributed by atoms with E-state index in [0.717, 1.165) is 0 Å². The van der Waals surface area contributed by atoms with E-state index in [-0.39, 0.29) is 0 Å². The molecular weight excluding hydrogens is 134 g/mol. The van der Waals surface area contributed by atoms with Gasteiger partial charge in [0.1, 0.15) is 0 Å². The molecule has 1 atom stereocenters. The third-order valence-electron chi connectivity index (χ3n) is 2.02. The molecule has 0 bridgehead atoms. The van der Waals surface area contributed by atoms with Crippen LogP contribution >= 0.6 is 0 Å². The van der Waals surface area contributed by atoms with E-state index in [1.54, 1.807) is 0 Å². The zero-order valence-electron chi connectivity index (χ0n) is 8.52. The molecule has 1 heteroatoms. The van der Waals surface area contributed by atoms with Crippen molar-refractivity contribution in [2.75, 3.05) is 14.1 Å². The molecule has 0 aliphatic rings. The van der Waals surface area contributed by atoms with Gasteiger partial charge in [-0.05, 0) is 47.7 Å². The third kappa shape index (κ3) is 6.11. The Kier molecular flexibility index (Phi) is 5.22. The summed E-state index contributed by atoms with van der Waals surface area (Å²) in [5.74, 6) is 0. The van der Waals surface area contributed by atoms with Crippen LogP contribution in [0.3, 0.4) is 0 Å². The molecule has 0 spiro atoms. The van der Waals surface area contributed by atoms with E-state index >= 15 is 0 Å². The second kappa shape index (κ2) is 5.36. The van der Waals surface area contributed by atoms with Crippen molar-refractivity contribution in [3.05, 3.63) is 11.6 Å². The Morgan fingerprint density at radius 3 is 2.27 bits per heavy atom. The number of allylic oxidation sites excluding steroid dienone is 2. The molecule has 0 aliphatic heterocycles. The highest BCUT2D eigenvalue weighted by molar-refractivity contribution is 4.93. The van der Waals surface area contributed by atoms with Gasteiger partial charge in [-0.25, -0.2) is 0 Å². The maximum Gasteiger partial charge on any atom is 0.00637 e. The monoisotopic (exact) mass is 155 g/mol. The second-order valence-electron chi connectivity index (χ2n) is 3.67. The number of nitrogens with zero attached hydrogens (tertiary/aromatic N) is 1. The smallest absolute Gasteiger partial charge is 0.00637 e. The average molecular weight is 155 g/mol. The highest BCUT2D eigenvalue weighted by Gasteiger charge is 2.01. The fourth-order valence-electron chi connectivity index (χ4n) is 0.871. The van der Waals surface area contributed by atoms with E-state index in [4.69, 9.17) is 0 Å². The first-order chi connectivity index (χ1) is 5.04. The van der Waals surface area contributed by atoms with Crippen molar-refractivity contribution in [3.8, 4) is 0 Å². The van der Waals surface area contributed by atoms with Crippen LogP contribution in [0.15, 0.2) is 11.6 Å². The molecule has 1 nitrogen and oxygen atoms in total. The summed E-state index contributed by atoms with van der Waals surface area (Å²) in [5, 5.41) is 0. The Hall–Kier alpha value is -0.300. The van der Waals surface area contributed by atoms with Gasteiger partial charge in [0.05, 0.1) is 0 Å². The number of rotatable bonds is 4. The summed E-state index contributed by atoms with van der Waals surface area (Å²) in [6.45, 7) is 6.57. The topological polar surface area (TPSA) is 3.24 Å². The quantitative estimate of drug-likeness (QED) is 0.564. The van der Waals surface area contributed by atoms with Crippen LogP contribution in [0.2, 0.25) is 0 Å². The van der Waals surface area contributed by atoms with E-state index in [1.165, 1.54) is 18.4 Å². The Balaban J connectivity index is 3.47. The van der Waals surface area contributed by atoms with Gasteiger partial charge in [-0.15, -0.1) is 0 Å². The van der Waals surface area contributed by atoms with Crippen molar-refractivity contribution in [1.82, 2.24) is 4.90 Å². The van der Waals surface area contributed by atoms with Crippen molar-refractivity contribution < 1.29 is 0 Å². The third-order valence-corrected chi connectivity index (χ3v) is 2.02. The van der Waals surface area contributed by atoms with Gasteiger partial charge in [0.2, 0.25) is 0 Å². The minimum atomic E-state index is 0.700. The first-order valence-corrected chi connectivity index (χ1v) is 4.34. The highest BCUT2D eigenvalue weighted by atomic mass is 15.1. The minimum absolute atomic E-state index is 0.700. The summed E-state index contributed by atoms with van der Waals surface area (Å²) >= 11 is 0. The number of hydrogen-bond donors (Lipinski definition) is 0. The van der Waals surface area contributed by atoms with E-state index in [0.29, 0.717) is 6.04 Å². The maximum absolute atomic E-state index is 2.31. The van der Waals surface area contributed by atoms with Crippen LogP contribution in [-0.4, -0.2) is 25.0 Å². The van der Waals surface area contributed by atoms with Gasteiger partial charge in [-0.3, -0.25) is 0 Å². The molecule has 0 N–H and O–H groups in total. The molecule has 11 heavy (non-hydrogen) atoms. The van der Waals surface area contributed by atoms with Gasteiger partial charge in [0.15, 0.2) is 0 Å². The summed E-state index contributed by atoms with van der Waals surface area (Å²) in [5.41, 5.74) is 1.43. The lowest BCUT2D eigenvalue weighted by molar-refractivity contribution is 0.300. The van der Waals surface area contributed by atoms with Gasteiger partial charge in [-0.1, -0.05) is 11.6 Å². The van der Waals surface area contributed by atoms with Crippen LogP contribution in [0, 0.1) is 0 Å². The van der Waals surface area contributed by atoms with Gasteiger partial charge in [0, 0.05) is 6.04 Å². The molecule has 1 unspecified atom stereocenters. The van der Waals surface area contributed by atoms with E-state index in [1.807, 2.05) is 0 Å². The van der Waals surface area contributed by atoms with Crippen molar-refractivity contribution in [3.63, 3.8) is 0 Å². The molecule has 0 aromatic heterocycles. The first-order valence-electron chi connectivity index (χ1n) is 4.34. The van der Waals surface area contributed by atoms with Crippen LogP contribution in [0.5, 0.6) is 0 Å². The first kappa shape index (κ1) is 10.7. The van der Waals surface area contributed by atoms with Crippen LogP contribution < -0.4 is 0 Å². The highest BCUT2D eigenvalue weighted by Crippen LogP contribution is 2.04. The summed E-state index contributed by atoms with van der Waals surface area (Å²) in [6, 6.07) is 0.700. The SMILES string of the molecule is CC(C)=CCCC(C)N(C)C. The molecule has 0 rings (SSSR count). The molecule has 0 aromatic rings. The zero-order chi connectivity index (χ0) is 8.85. The van der Waals surface area contributed by atoms with Gasteiger partial charge >= 0.3 is 0 Å². The second-order valence-corrected chi connectivity index (χ2v) is 3.67. The Bertz CT molecular complexity index is 121. The van der Waals surface area contributed by atoms with Crippen LogP contribution in [0.4, 0.5) is 0 Å². The molecule has 0 amide bonds. The molecule has 0 fully saturated rings. The van der Waals surface area contributed by atoms with Crippen LogP contribution in [0.25, 0.3) is 0 Å². The summed E-state index contributed by atoms with van der Waals surface area (Å²) in [6.07, 6.45) is 4.78. The molecule has 0 saturated carbocycles. The fourth-order valence-corrected chi connectivity index (χ4v) is 0.871. The average Bonchev–Trinajstić information content (AvgIpc) is 1.86. The molecule has 0 saturated heterocycles. The van der Waals surface area contributed by atoms with Gasteiger partial charge in [0.25, 0.3) is 0 Å². The largest absolute Gasteiger partial charge is 0.307 e. The lowest BCUT2D eigenvalue weighted by Gasteiger charge is -2.18. The van der Waals surface area contributed by atoms with E-state index < -0.39 is 0 Å². The van der Waals surface area contributed by atoms with Crippen molar-refractivity contribution in [1.29, 1.82) is 0 Å². The van der Waals surface area contributed by atoms with E-state index in [2.05, 4.69) is 45.8 Å². The van der Waals surface area contributed by atoms with Crippen molar-refractivity contribution >= 4 is 0 Å². The zero-order valence-corrected chi connectivity index (χ0v) is 8.52. The van der Waals surface area contributed by atoms with Crippen LogP contribution in [0.1, 0.15) is 33.6 Å². The Morgan fingerprint density at radius 1 is 1.36 bits per heavy atom. The predicted octanol–water partition coefficient (Wildman–Crippen LogP) is 2.68. The summed E-state index contributed by atoms with van der Waals surface area (Å²) in [4.78, 5) is 2.26. The normalized spacial score (nSPS) is 13.3. The molecule has 66 valence electrons. The lowest BCUT2D eigenvalue weighted by Crippen LogP contribution is -2.24. The molecular formula is C10H21N. The van der Waals surface area contributed by atoms with Crippen molar-refractivity contribution in [2.45, 2.75) is 39.7 Å². The Morgan fingerprint density at radius 2 is 1.91 bits per heavy atom. The molecule has 0 radical (unpaired) electrons. The van der Waals surface area contributed by atoms with Gasteiger partial charge in [-0.2, -0.15) is 0 Å². The van der Waals surface area contributed by atoms with Crippen LogP contribution in [-0.2, 0) is 0 Å². The molecule has 0 heterocycles. The molecule has 0 aromatic carbocycles. The summed E-state index contributed by atoms with van der Waals surface area (Å²) < 4.78 is 0. The fraction of sp³-hybridized carbons (Fsp3) is 0.800. The standard InChI is InChI=1S/C10H21N/c1-9(2)7-6-8-10(3)11(4)5/h7,10H,6,8H2,1-5H3. The summed E-state index contributed by atoms with van der Waals surface area (Å²) in [7, 11) is 4.26. The lowest BCUT2D eigenvalue weighted by atomic mass is 10.1. The predicted molar refractivity (Wildman–Crippen MR) is 51.8 cm³/mol. The van der Waals surface area contributed by atoms with Gasteiger partial charge < -0.3 is 4.90 Å². The minimum Gasteiger partial charge on any atom is -0.307 e. The maximum atomic E-state index is 2.31.